The third-order valence-corrected chi connectivity index (χ3v) is 3.83. The molecule has 24 heavy (non-hydrogen) atoms. The van der Waals surface area contributed by atoms with Gasteiger partial charge in [-0.3, -0.25) is 14.6 Å². The van der Waals surface area contributed by atoms with Crippen molar-refractivity contribution in [3.8, 4) is 0 Å². The minimum absolute atomic E-state index is 0.0207. The van der Waals surface area contributed by atoms with E-state index in [4.69, 9.17) is 11.6 Å². The van der Waals surface area contributed by atoms with Gasteiger partial charge in [0.2, 0.25) is 5.91 Å². The highest BCUT2D eigenvalue weighted by atomic mass is 35.5. The molecule has 2 rings (SSSR count). The summed E-state index contributed by atoms with van der Waals surface area (Å²) < 4.78 is 0. The van der Waals surface area contributed by atoms with Crippen molar-refractivity contribution in [2.75, 3.05) is 19.6 Å². The number of carbonyl (C=O) groups is 2. The molecular weight excluding hydrogens is 326 g/mol. The molecule has 0 fully saturated rings. The van der Waals surface area contributed by atoms with Crippen LogP contribution in [0.25, 0.3) is 0 Å². The summed E-state index contributed by atoms with van der Waals surface area (Å²) in [6.07, 6.45) is 3.85. The second-order valence-electron chi connectivity index (χ2n) is 5.38. The quantitative estimate of drug-likeness (QED) is 0.838. The van der Waals surface area contributed by atoms with Crippen molar-refractivity contribution < 1.29 is 9.59 Å². The standard InChI is InChI=1S/C18H20ClN3O2/c1-14(23)22(10-7-15-4-2-6-17(19)12-15)11-9-21-18(24)16-5-3-8-20-13-16/h2-6,8,12-13H,7,9-11H2,1H3,(H,21,24). The van der Waals surface area contributed by atoms with E-state index in [1.165, 1.54) is 13.1 Å². The van der Waals surface area contributed by atoms with Crippen molar-refractivity contribution in [3.63, 3.8) is 0 Å². The normalized spacial score (nSPS) is 10.2. The van der Waals surface area contributed by atoms with Crippen LogP contribution in [-0.2, 0) is 11.2 Å². The summed E-state index contributed by atoms with van der Waals surface area (Å²) >= 11 is 5.97. The molecule has 0 spiro atoms. The lowest BCUT2D eigenvalue weighted by atomic mass is 10.1. The van der Waals surface area contributed by atoms with E-state index in [0.29, 0.717) is 30.2 Å². The number of hydrogen-bond donors (Lipinski definition) is 1. The number of benzene rings is 1. The second-order valence-corrected chi connectivity index (χ2v) is 5.82. The summed E-state index contributed by atoms with van der Waals surface area (Å²) in [6.45, 7) is 2.96. The predicted octanol–water partition coefficient (Wildman–Crippen LogP) is 2.56. The van der Waals surface area contributed by atoms with Crippen molar-refractivity contribution in [1.29, 1.82) is 0 Å². The van der Waals surface area contributed by atoms with Crippen molar-refractivity contribution in [1.82, 2.24) is 15.2 Å². The van der Waals surface area contributed by atoms with E-state index in [-0.39, 0.29) is 11.8 Å². The van der Waals surface area contributed by atoms with E-state index in [2.05, 4.69) is 10.3 Å². The van der Waals surface area contributed by atoms with E-state index in [0.717, 1.165) is 12.0 Å². The molecule has 0 aliphatic carbocycles. The molecule has 1 aromatic heterocycles. The molecule has 0 radical (unpaired) electrons. The zero-order chi connectivity index (χ0) is 17.4. The van der Waals surface area contributed by atoms with Crippen LogP contribution in [0.1, 0.15) is 22.8 Å². The van der Waals surface area contributed by atoms with Gasteiger partial charge in [0, 0.05) is 44.0 Å². The van der Waals surface area contributed by atoms with Crippen LogP contribution in [0.4, 0.5) is 0 Å². The minimum Gasteiger partial charge on any atom is -0.350 e. The zero-order valence-electron chi connectivity index (χ0n) is 13.5. The number of pyridine rings is 1. The van der Waals surface area contributed by atoms with Crippen LogP contribution in [0.15, 0.2) is 48.8 Å². The lowest BCUT2D eigenvalue weighted by Crippen LogP contribution is -2.38. The largest absolute Gasteiger partial charge is 0.350 e. The smallest absolute Gasteiger partial charge is 0.252 e. The van der Waals surface area contributed by atoms with Crippen LogP contribution in [0.2, 0.25) is 5.02 Å². The van der Waals surface area contributed by atoms with Gasteiger partial charge >= 0.3 is 0 Å². The van der Waals surface area contributed by atoms with Gasteiger partial charge in [-0.25, -0.2) is 0 Å². The lowest BCUT2D eigenvalue weighted by Gasteiger charge is -2.21. The predicted molar refractivity (Wildman–Crippen MR) is 94.0 cm³/mol. The first-order chi connectivity index (χ1) is 11.6. The van der Waals surface area contributed by atoms with E-state index < -0.39 is 0 Å². The Morgan fingerprint density at radius 3 is 2.71 bits per heavy atom. The monoisotopic (exact) mass is 345 g/mol. The van der Waals surface area contributed by atoms with Gasteiger partial charge in [0.05, 0.1) is 5.56 Å². The Morgan fingerprint density at radius 2 is 2.04 bits per heavy atom. The molecule has 1 N–H and O–H groups in total. The minimum atomic E-state index is -0.193. The first-order valence-corrected chi connectivity index (χ1v) is 8.12. The van der Waals surface area contributed by atoms with Crippen molar-refractivity contribution in [2.45, 2.75) is 13.3 Å². The molecule has 0 aliphatic heterocycles. The maximum Gasteiger partial charge on any atom is 0.252 e. The van der Waals surface area contributed by atoms with Crippen molar-refractivity contribution >= 4 is 23.4 Å². The highest BCUT2D eigenvalue weighted by Gasteiger charge is 2.10. The fourth-order valence-corrected chi connectivity index (χ4v) is 2.50. The molecule has 0 unspecified atom stereocenters. The number of hydrogen-bond acceptors (Lipinski definition) is 3. The molecule has 5 nitrogen and oxygen atoms in total. The molecule has 0 aliphatic rings. The van der Waals surface area contributed by atoms with Gasteiger partial charge in [0.1, 0.15) is 0 Å². The molecule has 0 saturated carbocycles. The summed E-state index contributed by atoms with van der Waals surface area (Å²) in [5, 5.41) is 3.48. The maximum atomic E-state index is 11.9. The Balaban J connectivity index is 1.81. The molecule has 1 aromatic carbocycles. The van der Waals surface area contributed by atoms with Crippen molar-refractivity contribution in [2.24, 2.45) is 0 Å². The Hall–Kier alpha value is -2.40. The highest BCUT2D eigenvalue weighted by molar-refractivity contribution is 6.30. The maximum absolute atomic E-state index is 11.9. The molecule has 0 atom stereocenters. The van der Waals surface area contributed by atoms with Gasteiger partial charge in [-0.1, -0.05) is 23.7 Å². The van der Waals surface area contributed by atoms with Gasteiger partial charge in [0.25, 0.3) is 5.91 Å². The second kappa shape index (κ2) is 9.03. The SMILES string of the molecule is CC(=O)N(CCNC(=O)c1cccnc1)CCc1cccc(Cl)c1. The molecular formula is C18H20ClN3O2. The molecule has 2 aromatic rings. The molecule has 6 heteroatoms. The Labute approximate surface area is 146 Å². The van der Waals surface area contributed by atoms with Crippen LogP contribution in [0.5, 0.6) is 0 Å². The van der Waals surface area contributed by atoms with Gasteiger partial charge < -0.3 is 10.2 Å². The zero-order valence-corrected chi connectivity index (χ0v) is 14.3. The van der Waals surface area contributed by atoms with Crippen LogP contribution in [0, 0.1) is 0 Å². The molecule has 126 valence electrons. The number of nitrogens with zero attached hydrogens (tertiary/aromatic N) is 2. The Bertz CT molecular complexity index is 692. The van der Waals surface area contributed by atoms with Crippen LogP contribution >= 0.6 is 11.6 Å². The molecule has 2 amide bonds. The molecule has 1 heterocycles. The number of amides is 2. The number of rotatable bonds is 7. The van der Waals surface area contributed by atoms with Crippen molar-refractivity contribution in [3.05, 3.63) is 64.9 Å². The lowest BCUT2D eigenvalue weighted by molar-refractivity contribution is -0.128. The van der Waals surface area contributed by atoms with Gasteiger partial charge in [0.15, 0.2) is 0 Å². The van der Waals surface area contributed by atoms with Crippen LogP contribution in [-0.4, -0.2) is 41.3 Å². The first kappa shape index (κ1) is 17.9. The van der Waals surface area contributed by atoms with E-state index >= 15 is 0 Å². The van der Waals surface area contributed by atoms with Gasteiger partial charge in [-0.15, -0.1) is 0 Å². The number of halogens is 1. The highest BCUT2D eigenvalue weighted by Crippen LogP contribution is 2.11. The Morgan fingerprint density at radius 1 is 1.21 bits per heavy atom. The summed E-state index contributed by atoms with van der Waals surface area (Å²) in [5.74, 6) is -0.214. The fourth-order valence-electron chi connectivity index (χ4n) is 2.29. The Kier molecular flexibility index (Phi) is 6.75. The number of carbonyl (C=O) groups excluding carboxylic acids is 2. The summed E-state index contributed by atoms with van der Waals surface area (Å²) in [6, 6.07) is 11.0. The third kappa shape index (κ3) is 5.66. The van der Waals surface area contributed by atoms with E-state index in [1.54, 1.807) is 23.2 Å². The van der Waals surface area contributed by atoms with E-state index in [1.807, 2.05) is 24.3 Å². The number of nitrogens with one attached hydrogen (secondary N) is 1. The number of aromatic nitrogens is 1. The molecule has 0 bridgehead atoms. The fraction of sp³-hybridized carbons (Fsp3) is 0.278. The summed E-state index contributed by atoms with van der Waals surface area (Å²) in [7, 11) is 0. The average Bonchev–Trinajstić information content (AvgIpc) is 2.58. The average molecular weight is 346 g/mol. The van der Waals surface area contributed by atoms with Gasteiger partial charge in [-0.05, 0) is 36.2 Å². The van der Waals surface area contributed by atoms with Gasteiger partial charge in [-0.2, -0.15) is 0 Å². The van der Waals surface area contributed by atoms with Crippen LogP contribution < -0.4 is 5.32 Å². The van der Waals surface area contributed by atoms with E-state index in [9.17, 15) is 9.59 Å². The summed E-state index contributed by atoms with van der Waals surface area (Å²) in [4.78, 5) is 29.3. The molecule has 0 saturated heterocycles. The first-order valence-electron chi connectivity index (χ1n) is 7.74. The third-order valence-electron chi connectivity index (χ3n) is 3.60. The summed E-state index contributed by atoms with van der Waals surface area (Å²) in [5.41, 5.74) is 1.58. The van der Waals surface area contributed by atoms with Crippen LogP contribution in [0.3, 0.4) is 0 Å². The topological polar surface area (TPSA) is 62.3 Å².